The first-order valence-corrected chi connectivity index (χ1v) is 13.9. The third-order valence-electron chi connectivity index (χ3n) is 6.58. The van der Waals surface area contributed by atoms with Gasteiger partial charge in [0.05, 0.1) is 10.8 Å². The third-order valence-corrected chi connectivity index (χ3v) is 7.58. The molecule has 4 aromatic heterocycles. The Hall–Kier alpha value is -4.90. The van der Waals surface area contributed by atoms with Gasteiger partial charge in [-0.3, -0.25) is 0 Å². The summed E-state index contributed by atoms with van der Waals surface area (Å²) in [5.41, 5.74) is 8.84. The van der Waals surface area contributed by atoms with Gasteiger partial charge < -0.3 is 10.2 Å². The molecule has 6 aromatic rings. The van der Waals surface area contributed by atoms with Gasteiger partial charge in [-0.1, -0.05) is 48.5 Å². The summed E-state index contributed by atoms with van der Waals surface area (Å²) < 4.78 is 31.4. The zero-order valence-electron chi connectivity index (χ0n) is 20.9. The minimum absolute atomic E-state index is 0.0574. The fourth-order valence-electron chi connectivity index (χ4n) is 4.73. The molecule has 10 nitrogen and oxygen atoms in total. The summed E-state index contributed by atoms with van der Waals surface area (Å²) in [5.74, 6) is 0.604. The van der Waals surface area contributed by atoms with Crippen molar-refractivity contribution in [2.24, 2.45) is 0 Å². The average Bonchev–Trinajstić information content (AvgIpc) is 3.34. The van der Waals surface area contributed by atoms with E-state index < -0.39 is 21.5 Å². The van der Waals surface area contributed by atoms with Gasteiger partial charge in [0.1, 0.15) is 29.6 Å². The lowest BCUT2D eigenvalue weighted by Gasteiger charge is -2.18. The molecule has 1 unspecified atom stereocenters. The van der Waals surface area contributed by atoms with Crippen molar-refractivity contribution in [1.29, 1.82) is 0 Å². The Morgan fingerprint density at radius 1 is 0.897 bits per heavy atom. The Balaban J connectivity index is 1.60. The van der Waals surface area contributed by atoms with E-state index in [0.717, 1.165) is 22.8 Å². The Morgan fingerprint density at radius 3 is 2.31 bits per heavy atom. The largest absolute Gasteiger partial charge is 0.424 e. The monoisotopic (exact) mass is 538 g/mol. The second-order valence-corrected chi connectivity index (χ2v) is 11.1. The van der Waals surface area contributed by atoms with Gasteiger partial charge in [-0.15, -0.1) is 0 Å². The number of nitrogens with two attached hydrogens (primary N) is 1. The highest BCUT2D eigenvalue weighted by Gasteiger charge is 2.26. The molecule has 0 fully saturated rings. The second-order valence-electron chi connectivity index (χ2n) is 9.12. The molecule has 0 radical (unpaired) electrons. The van der Waals surface area contributed by atoms with Crippen molar-refractivity contribution in [3.63, 3.8) is 0 Å². The van der Waals surface area contributed by atoms with Gasteiger partial charge in [0.15, 0.2) is 20.5 Å². The molecular weight excluding hydrogens is 516 g/mol. The van der Waals surface area contributed by atoms with E-state index in [9.17, 15) is 13.2 Å². The van der Waals surface area contributed by atoms with Crippen LogP contribution in [0.15, 0.2) is 93.5 Å². The van der Waals surface area contributed by atoms with E-state index in [1.54, 1.807) is 22.9 Å². The molecule has 0 amide bonds. The van der Waals surface area contributed by atoms with Crippen molar-refractivity contribution in [2.75, 3.05) is 12.0 Å². The summed E-state index contributed by atoms with van der Waals surface area (Å²) >= 11 is 0. The topological polar surface area (TPSA) is 147 Å². The first kappa shape index (κ1) is 24.4. The number of nitrogens with zero attached hydrogens (tertiary/aromatic N) is 5. The number of aromatic nitrogens is 5. The zero-order valence-corrected chi connectivity index (χ0v) is 21.8. The second kappa shape index (κ2) is 9.14. The minimum atomic E-state index is -3.48. The molecule has 0 spiro atoms. The summed E-state index contributed by atoms with van der Waals surface area (Å²) in [6.07, 6.45) is 3.85. The normalized spacial score (nSPS) is 12.7. The van der Waals surface area contributed by atoms with Crippen LogP contribution in [0.1, 0.15) is 18.7 Å². The summed E-state index contributed by atoms with van der Waals surface area (Å²) in [6, 6.07) is 19.4. The van der Waals surface area contributed by atoms with Crippen LogP contribution in [0.4, 0.5) is 5.82 Å². The first-order chi connectivity index (χ1) is 18.7. The maximum Gasteiger partial charge on any atom is 0.343 e. The molecule has 2 aromatic carbocycles. The van der Waals surface area contributed by atoms with Crippen LogP contribution in [0.5, 0.6) is 0 Å². The van der Waals surface area contributed by atoms with Gasteiger partial charge in [0, 0.05) is 29.0 Å². The highest BCUT2D eigenvalue weighted by molar-refractivity contribution is 7.90. The molecule has 2 N–H and O–H groups in total. The van der Waals surface area contributed by atoms with Gasteiger partial charge in [-0.2, -0.15) is 5.10 Å². The van der Waals surface area contributed by atoms with E-state index in [2.05, 4.69) is 15.0 Å². The maximum atomic E-state index is 13.1. The van der Waals surface area contributed by atoms with Crippen LogP contribution in [-0.2, 0) is 9.84 Å². The van der Waals surface area contributed by atoms with Crippen molar-refractivity contribution in [2.45, 2.75) is 18.0 Å². The van der Waals surface area contributed by atoms with Crippen LogP contribution >= 0.6 is 0 Å². The summed E-state index contributed by atoms with van der Waals surface area (Å²) in [6.45, 7) is 1.86. The molecule has 0 aliphatic heterocycles. The Bertz CT molecular complexity index is 2040. The number of fused-ring (bicyclic) bond motifs is 2. The molecule has 0 aliphatic rings. The van der Waals surface area contributed by atoms with Gasteiger partial charge in [0.2, 0.25) is 0 Å². The molecule has 4 heterocycles. The van der Waals surface area contributed by atoms with Crippen LogP contribution in [0.3, 0.4) is 0 Å². The molecule has 39 heavy (non-hydrogen) atoms. The molecule has 1 atom stereocenters. The Labute approximate surface area is 222 Å². The van der Waals surface area contributed by atoms with Crippen molar-refractivity contribution < 1.29 is 12.8 Å². The van der Waals surface area contributed by atoms with E-state index >= 15 is 0 Å². The van der Waals surface area contributed by atoms with E-state index in [-0.39, 0.29) is 10.8 Å². The third kappa shape index (κ3) is 4.12. The number of pyridine rings is 1. The van der Waals surface area contributed by atoms with E-state index in [0.29, 0.717) is 33.4 Å². The number of benzene rings is 2. The number of anilines is 1. The predicted octanol–water partition coefficient (Wildman–Crippen LogP) is 4.26. The number of sulfone groups is 1. The highest BCUT2D eigenvalue weighted by atomic mass is 32.2. The van der Waals surface area contributed by atoms with E-state index in [4.69, 9.17) is 15.2 Å². The lowest BCUT2D eigenvalue weighted by molar-refractivity contribution is 0.405. The summed E-state index contributed by atoms with van der Waals surface area (Å²) in [7, 11) is -3.48. The summed E-state index contributed by atoms with van der Waals surface area (Å²) in [4.78, 5) is 25.8. The Morgan fingerprint density at radius 2 is 1.62 bits per heavy atom. The maximum absolute atomic E-state index is 13.1. The van der Waals surface area contributed by atoms with E-state index in [1.807, 2.05) is 49.4 Å². The number of hydrogen-bond acceptors (Lipinski definition) is 9. The van der Waals surface area contributed by atoms with Crippen molar-refractivity contribution in [1.82, 2.24) is 24.7 Å². The number of nitrogen functional groups attached to an aromatic ring is 1. The molecule has 0 bridgehead atoms. The highest BCUT2D eigenvalue weighted by Crippen LogP contribution is 2.38. The quantitative estimate of drug-likeness (QED) is 0.340. The minimum Gasteiger partial charge on any atom is -0.424 e. The SMILES string of the molecule is CC(c1oc(=O)c2ccccc2c1-c1ccccc1)n1nc(-c2ccc(S(C)(=O)=O)nc2)c2c(N)ncnc21. The fraction of sp³-hybridized carbons (Fsp3) is 0.107. The van der Waals surface area contributed by atoms with Crippen molar-refractivity contribution in [3.8, 4) is 22.4 Å². The van der Waals surface area contributed by atoms with Gasteiger partial charge in [0.25, 0.3) is 0 Å². The van der Waals surface area contributed by atoms with E-state index in [1.165, 1.54) is 18.6 Å². The smallest absolute Gasteiger partial charge is 0.343 e. The predicted molar refractivity (Wildman–Crippen MR) is 148 cm³/mol. The molecular formula is C28H22N6O4S. The van der Waals surface area contributed by atoms with Crippen LogP contribution < -0.4 is 11.4 Å². The van der Waals surface area contributed by atoms with Gasteiger partial charge >= 0.3 is 5.63 Å². The standard InChI is InChI=1S/C28H22N6O4S/c1-16(25-22(17-8-4-3-5-9-17)19-10-6-7-11-20(19)28(35)38-25)34-27-23(26(29)31-15-32-27)24(33-34)18-12-13-21(30-14-18)39(2,36)37/h3-16H,1-2H3,(H2,29,31,32). The zero-order chi connectivity index (χ0) is 27.3. The van der Waals surface area contributed by atoms with Crippen molar-refractivity contribution in [3.05, 3.63) is 95.4 Å². The lowest BCUT2D eigenvalue weighted by Crippen LogP contribution is -2.14. The Kier molecular flexibility index (Phi) is 5.72. The van der Waals surface area contributed by atoms with Crippen LogP contribution in [-0.4, -0.2) is 39.4 Å². The first-order valence-electron chi connectivity index (χ1n) is 12.0. The van der Waals surface area contributed by atoms with Gasteiger partial charge in [-0.25, -0.2) is 32.8 Å². The fourth-order valence-corrected chi connectivity index (χ4v) is 5.29. The lowest BCUT2D eigenvalue weighted by atomic mass is 9.96. The number of rotatable bonds is 5. The molecule has 0 aliphatic carbocycles. The summed E-state index contributed by atoms with van der Waals surface area (Å²) in [5, 5.41) is 6.46. The molecule has 11 heteroatoms. The number of hydrogen-bond donors (Lipinski definition) is 1. The molecule has 0 saturated heterocycles. The van der Waals surface area contributed by atoms with Crippen LogP contribution in [0, 0.1) is 0 Å². The van der Waals surface area contributed by atoms with Gasteiger partial charge in [-0.05, 0) is 30.7 Å². The van der Waals surface area contributed by atoms with Crippen molar-refractivity contribution >= 4 is 37.5 Å². The molecule has 0 saturated carbocycles. The van der Waals surface area contributed by atoms with Crippen LogP contribution in [0.25, 0.3) is 44.2 Å². The average molecular weight is 539 g/mol. The van der Waals surface area contributed by atoms with Crippen LogP contribution in [0.2, 0.25) is 0 Å². The molecule has 194 valence electrons. The molecule has 6 rings (SSSR count).